The Labute approximate surface area is 160 Å². The first-order valence-electron chi connectivity index (χ1n) is 9.10. The number of carbonyl (C=O) groups is 1. The maximum atomic E-state index is 12.9. The fourth-order valence-electron chi connectivity index (χ4n) is 3.07. The number of nitrogens with two attached hydrogens (primary N) is 1. The molecule has 2 aliphatic carbocycles. The van der Waals surface area contributed by atoms with E-state index in [1.807, 2.05) is 0 Å². The molecule has 0 radical (unpaired) electrons. The highest BCUT2D eigenvalue weighted by atomic mass is 32.2. The quantitative estimate of drug-likeness (QED) is 0.502. The molecule has 0 unspecified atom stereocenters. The molecule has 0 saturated heterocycles. The van der Waals surface area contributed by atoms with Gasteiger partial charge in [-0.1, -0.05) is 11.8 Å². The first-order valence-corrected chi connectivity index (χ1v) is 10.1. The minimum absolute atomic E-state index is 0.0101. The molecule has 7 nitrogen and oxygen atoms in total. The van der Waals surface area contributed by atoms with E-state index in [2.05, 4.69) is 15.5 Å². The lowest BCUT2D eigenvalue weighted by atomic mass is 10.1. The molecule has 0 aliphatic heterocycles. The van der Waals surface area contributed by atoms with Gasteiger partial charge < -0.3 is 15.9 Å². The number of thioether (sulfide) groups is 1. The predicted molar refractivity (Wildman–Crippen MR) is 99.0 cm³/mol. The Morgan fingerprint density at radius 1 is 1.26 bits per heavy atom. The van der Waals surface area contributed by atoms with Crippen molar-refractivity contribution in [1.82, 2.24) is 20.2 Å². The van der Waals surface area contributed by atoms with E-state index in [9.17, 15) is 9.18 Å². The van der Waals surface area contributed by atoms with E-state index in [0.29, 0.717) is 34.6 Å². The Kier molecular flexibility index (Phi) is 5.20. The van der Waals surface area contributed by atoms with Crippen LogP contribution in [0.15, 0.2) is 29.4 Å². The SMILES string of the molecule is Nn1c(COc2ccc(F)cc2)nnc1SCC(=O)NC(C1CC1)C1CC1. The summed E-state index contributed by atoms with van der Waals surface area (Å²) in [6.07, 6.45) is 4.90. The molecule has 1 amide bonds. The number of nitrogens with zero attached hydrogens (tertiary/aromatic N) is 3. The van der Waals surface area contributed by atoms with Gasteiger partial charge in [0, 0.05) is 6.04 Å². The Balaban J connectivity index is 1.26. The van der Waals surface area contributed by atoms with Crippen LogP contribution in [-0.4, -0.2) is 32.6 Å². The largest absolute Gasteiger partial charge is 0.486 e. The predicted octanol–water partition coefficient (Wildman–Crippen LogP) is 2.11. The summed E-state index contributed by atoms with van der Waals surface area (Å²) in [4.78, 5) is 12.3. The first kappa shape index (κ1) is 18.1. The van der Waals surface area contributed by atoms with Gasteiger partial charge >= 0.3 is 0 Å². The Morgan fingerprint density at radius 2 is 1.93 bits per heavy atom. The first-order chi connectivity index (χ1) is 13.1. The van der Waals surface area contributed by atoms with Gasteiger partial charge in [-0.3, -0.25) is 4.79 Å². The number of ether oxygens (including phenoxy) is 1. The molecule has 9 heteroatoms. The molecule has 2 saturated carbocycles. The van der Waals surface area contributed by atoms with Crippen molar-refractivity contribution in [2.24, 2.45) is 11.8 Å². The molecule has 0 atom stereocenters. The maximum absolute atomic E-state index is 12.9. The highest BCUT2D eigenvalue weighted by Crippen LogP contribution is 2.44. The van der Waals surface area contributed by atoms with E-state index < -0.39 is 0 Å². The number of carbonyl (C=O) groups excluding carboxylic acids is 1. The van der Waals surface area contributed by atoms with E-state index in [0.717, 1.165) is 0 Å². The number of hydrogen-bond donors (Lipinski definition) is 2. The van der Waals surface area contributed by atoms with Gasteiger partial charge in [0.15, 0.2) is 5.82 Å². The summed E-state index contributed by atoms with van der Waals surface area (Å²) in [5.74, 6) is 8.20. The van der Waals surface area contributed by atoms with Crippen LogP contribution in [0.2, 0.25) is 0 Å². The summed E-state index contributed by atoms with van der Waals surface area (Å²) in [5, 5.41) is 11.7. The zero-order chi connectivity index (χ0) is 18.8. The molecule has 0 bridgehead atoms. The lowest BCUT2D eigenvalue weighted by Crippen LogP contribution is -2.39. The van der Waals surface area contributed by atoms with Crippen molar-refractivity contribution in [3.8, 4) is 5.75 Å². The number of aromatic nitrogens is 3. The Bertz CT molecular complexity index is 793. The number of halogens is 1. The van der Waals surface area contributed by atoms with Crippen molar-refractivity contribution in [3.63, 3.8) is 0 Å². The third-order valence-corrected chi connectivity index (χ3v) is 5.78. The van der Waals surface area contributed by atoms with Gasteiger partial charge in [-0.15, -0.1) is 10.2 Å². The second-order valence-electron chi connectivity index (χ2n) is 7.07. The van der Waals surface area contributed by atoms with E-state index in [1.165, 1.54) is 66.4 Å². The van der Waals surface area contributed by atoms with E-state index in [-0.39, 0.29) is 24.1 Å². The molecule has 2 aliphatic rings. The molecule has 1 heterocycles. The molecular weight excluding hydrogens is 369 g/mol. The number of nitrogen functional groups attached to an aromatic ring is 1. The summed E-state index contributed by atoms with van der Waals surface area (Å²) in [7, 11) is 0. The van der Waals surface area contributed by atoms with Crippen LogP contribution in [0.5, 0.6) is 5.75 Å². The monoisotopic (exact) mass is 391 g/mol. The highest BCUT2D eigenvalue weighted by molar-refractivity contribution is 7.99. The topological polar surface area (TPSA) is 95.1 Å². The molecule has 3 N–H and O–H groups in total. The smallest absolute Gasteiger partial charge is 0.230 e. The molecule has 1 aromatic heterocycles. The molecule has 2 aromatic rings. The van der Waals surface area contributed by atoms with Crippen molar-refractivity contribution in [1.29, 1.82) is 0 Å². The fourth-order valence-corrected chi connectivity index (χ4v) is 3.76. The summed E-state index contributed by atoms with van der Waals surface area (Å²) < 4.78 is 19.8. The van der Waals surface area contributed by atoms with Crippen molar-refractivity contribution in [2.75, 3.05) is 11.6 Å². The van der Waals surface area contributed by atoms with Gasteiger partial charge in [0.25, 0.3) is 0 Å². The van der Waals surface area contributed by atoms with Gasteiger partial charge in [0.2, 0.25) is 11.1 Å². The summed E-state index contributed by atoms with van der Waals surface area (Å²) in [5.41, 5.74) is 0. The Hall–Kier alpha value is -2.29. The van der Waals surface area contributed by atoms with Crippen LogP contribution in [0.4, 0.5) is 4.39 Å². The third kappa shape index (κ3) is 4.71. The molecule has 0 spiro atoms. The Morgan fingerprint density at radius 3 is 2.56 bits per heavy atom. The average Bonchev–Trinajstić information content (AvgIpc) is 3.57. The zero-order valence-electron chi connectivity index (χ0n) is 14.8. The van der Waals surface area contributed by atoms with Crippen LogP contribution < -0.4 is 15.9 Å². The molecule has 144 valence electrons. The van der Waals surface area contributed by atoms with Gasteiger partial charge in [-0.2, -0.15) is 0 Å². The zero-order valence-corrected chi connectivity index (χ0v) is 15.6. The number of benzene rings is 1. The second-order valence-corrected chi connectivity index (χ2v) is 8.01. The van der Waals surface area contributed by atoms with Crippen LogP contribution in [0, 0.1) is 17.7 Å². The normalized spacial score (nSPS) is 16.5. The molecule has 27 heavy (non-hydrogen) atoms. The van der Waals surface area contributed by atoms with Crippen LogP contribution in [0.25, 0.3) is 0 Å². The van der Waals surface area contributed by atoms with Crippen molar-refractivity contribution < 1.29 is 13.9 Å². The number of rotatable bonds is 9. The lowest BCUT2D eigenvalue weighted by molar-refractivity contribution is -0.119. The molecule has 1 aromatic carbocycles. The maximum Gasteiger partial charge on any atom is 0.230 e. The fraction of sp³-hybridized carbons (Fsp3) is 0.500. The van der Waals surface area contributed by atoms with Crippen molar-refractivity contribution >= 4 is 17.7 Å². The number of hydrogen-bond acceptors (Lipinski definition) is 6. The highest BCUT2D eigenvalue weighted by Gasteiger charge is 2.42. The van der Waals surface area contributed by atoms with Crippen LogP contribution in [0.3, 0.4) is 0 Å². The van der Waals surface area contributed by atoms with E-state index in [4.69, 9.17) is 10.6 Å². The summed E-state index contributed by atoms with van der Waals surface area (Å²) >= 11 is 1.25. The molecular formula is C18H22FN5O2S. The van der Waals surface area contributed by atoms with Crippen LogP contribution >= 0.6 is 11.8 Å². The number of nitrogens with one attached hydrogen (secondary N) is 1. The average molecular weight is 391 g/mol. The third-order valence-electron chi connectivity index (χ3n) is 4.84. The molecule has 2 fully saturated rings. The number of amides is 1. The van der Waals surface area contributed by atoms with E-state index >= 15 is 0 Å². The minimum Gasteiger partial charge on any atom is -0.486 e. The van der Waals surface area contributed by atoms with Gasteiger partial charge in [0.1, 0.15) is 18.2 Å². The lowest BCUT2D eigenvalue weighted by Gasteiger charge is -2.17. The minimum atomic E-state index is -0.327. The molecule has 4 rings (SSSR count). The van der Waals surface area contributed by atoms with Crippen LogP contribution in [-0.2, 0) is 11.4 Å². The van der Waals surface area contributed by atoms with Crippen molar-refractivity contribution in [2.45, 2.75) is 43.5 Å². The summed E-state index contributed by atoms with van der Waals surface area (Å²) in [6.45, 7) is 0.104. The second kappa shape index (κ2) is 7.75. The van der Waals surface area contributed by atoms with Gasteiger partial charge in [0.05, 0.1) is 5.75 Å². The van der Waals surface area contributed by atoms with Crippen molar-refractivity contribution in [3.05, 3.63) is 35.9 Å². The van der Waals surface area contributed by atoms with Crippen LogP contribution in [0.1, 0.15) is 31.5 Å². The van der Waals surface area contributed by atoms with Gasteiger partial charge in [-0.25, -0.2) is 9.07 Å². The van der Waals surface area contributed by atoms with E-state index in [1.54, 1.807) is 0 Å². The van der Waals surface area contributed by atoms with Gasteiger partial charge in [-0.05, 0) is 61.8 Å². The standard InChI is InChI=1S/C18H22FN5O2S/c19-13-5-7-14(8-6-13)26-9-15-22-23-18(24(15)20)27-10-16(25)21-17(11-1-2-11)12-3-4-12/h5-8,11-12,17H,1-4,9-10,20H2,(H,21,25). The summed E-state index contributed by atoms with van der Waals surface area (Å²) in [6, 6.07) is 6.04.